The number of nitrogens with zero attached hydrogens (tertiary/aromatic N) is 3. The standard InChI is InChI=1S/C14H22FN5O.C3H6.CH3F/c1-11(3-6-15)20-10-12(9-17-20)18-14(21)19(2)13-4-7-16-8-5-13;1-3-2;1-2/h3,9-10,13,16H,4-8H2,1-2H3,(H,18,21);3H,1H2,2H3;1H3/b11-3+;;. The normalized spacial score (nSPS) is 14.3. The lowest BCUT2D eigenvalue weighted by Gasteiger charge is -2.31. The molecule has 0 bridgehead atoms. The average Bonchev–Trinajstić information content (AvgIpc) is 3.13. The molecular weight excluding hydrogens is 340 g/mol. The average molecular weight is 371 g/mol. The molecule has 26 heavy (non-hydrogen) atoms. The van der Waals surface area contributed by atoms with Crippen LogP contribution >= 0.6 is 0 Å². The maximum Gasteiger partial charge on any atom is 0.321 e. The number of piperidine rings is 1. The van der Waals surface area contributed by atoms with Crippen LogP contribution in [-0.4, -0.2) is 60.7 Å². The van der Waals surface area contributed by atoms with Gasteiger partial charge >= 0.3 is 6.03 Å². The molecule has 148 valence electrons. The molecular formula is C18H31F2N5O. The molecule has 8 heteroatoms. The predicted octanol–water partition coefficient (Wildman–Crippen LogP) is 3.71. The van der Waals surface area contributed by atoms with Crippen molar-refractivity contribution in [2.75, 3.05) is 39.3 Å². The van der Waals surface area contributed by atoms with Gasteiger partial charge in [0, 0.05) is 18.8 Å². The van der Waals surface area contributed by atoms with Gasteiger partial charge < -0.3 is 15.5 Å². The van der Waals surface area contributed by atoms with E-state index in [-0.39, 0.29) is 12.1 Å². The van der Waals surface area contributed by atoms with E-state index in [0.717, 1.165) is 25.9 Å². The van der Waals surface area contributed by atoms with E-state index in [1.54, 1.807) is 35.0 Å². The maximum atomic E-state index is 12.3. The summed E-state index contributed by atoms with van der Waals surface area (Å²) in [6.07, 6.45) is 8.34. The van der Waals surface area contributed by atoms with Gasteiger partial charge in [-0.05, 0) is 45.9 Å². The van der Waals surface area contributed by atoms with Crippen LogP contribution in [0.15, 0.2) is 31.1 Å². The van der Waals surface area contributed by atoms with Crippen LogP contribution in [0.5, 0.6) is 0 Å². The lowest BCUT2D eigenvalue weighted by Crippen LogP contribution is -2.45. The SMILES string of the molecule is C/C(=C\CF)n1cc(NC(=O)N(C)C2CCNCC2)cn1.C=CC.CF. The zero-order valence-corrected chi connectivity index (χ0v) is 16.1. The van der Waals surface area contributed by atoms with Gasteiger partial charge in [0.2, 0.25) is 0 Å². The van der Waals surface area contributed by atoms with Gasteiger partial charge in [-0.1, -0.05) is 6.08 Å². The third-order valence-corrected chi connectivity index (χ3v) is 3.74. The van der Waals surface area contributed by atoms with Crippen molar-refractivity contribution in [1.82, 2.24) is 20.0 Å². The van der Waals surface area contributed by atoms with Crippen molar-refractivity contribution in [3.63, 3.8) is 0 Å². The molecule has 1 aromatic rings. The van der Waals surface area contributed by atoms with Crippen LogP contribution in [0.25, 0.3) is 5.70 Å². The first kappa shape index (κ1) is 23.8. The van der Waals surface area contributed by atoms with Crippen LogP contribution in [0.3, 0.4) is 0 Å². The first-order valence-electron chi connectivity index (χ1n) is 8.50. The number of urea groups is 1. The lowest BCUT2D eigenvalue weighted by molar-refractivity contribution is 0.189. The Morgan fingerprint density at radius 1 is 1.50 bits per heavy atom. The Morgan fingerprint density at radius 2 is 2.08 bits per heavy atom. The molecule has 1 aliphatic rings. The minimum Gasteiger partial charge on any atom is -0.325 e. The Kier molecular flexibility index (Phi) is 12.8. The molecule has 6 nitrogen and oxygen atoms in total. The number of allylic oxidation sites excluding steroid dienone is 3. The van der Waals surface area contributed by atoms with Gasteiger partial charge in [0.05, 0.1) is 25.3 Å². The first-order chi connectivity index (χ1) is 12.5. The molecule has 1 fully saturated rings. The van der Waals surface area contributed by atoms with Gasteiger partial charge in [-0.2, -0.15) is 5.10 Å². The molecule has 2 heterocycles. The van der Waals surface area contributed by atoms with Crippen LogP contribution in [0.2, 0.25) is 0 Å². The van der Waals surface area contributed by atoms with Crippen molar-refractivity contribution in [2.24, 2.45) is 0 Å². The third kappa shape index (κ3) is 8.24. The molecule has 2 rings (SSSR count). The number of nitrogens with one attached hydrogen (secondary N) is 2. The van der Waals surface area contributed by atoms with Crippen LogP contribution in [0, 0.1) is 0 Å². The van der Waals surface area contributed by atoms with Crippen molar-refractivity contribution in [3.8, 4) is 0 Å². The zero-order chi connectivity index (χ0) is 19.9. The van der Waals surface area contributed by atoms with Crippen molar-refractivity contribution in [1.29, 1.82) is 0 Å². The van der Waals surface area contributed by atoms with Crippen LogP contribution in [0.1, 0.15) is 26.7 Å². The molecule has 2 amide bonds. The monoisotopic (exact) mass is 371 g/mol. The Bertz CT molecular complexity index is 554. The molecule has 1 saturated heterocycles. The van der Waals surface area contributed by atoms with Crippen molar-refractivity contribution >= 4 is 17.4 Å². The van der Waals surface area contributed by atoms with Gasteiger partial charge in [-0.3, -0.25) is 4.39 Å². The Hall–Kier alpha value is -2.22. The summed E-state index contributed by atoms with van der Waals surface area (Å²) < 4.78 is 23.3. The number of rotatable bonds is 4. The quantitative estimate of drug-likeness (QED) is 0.793. The zero-order valence-electron chi connectivity index (χ0n) is 16.1. The molecule has 2 N–H and O–H groups in total. The molecule has 1 aliphatic heterocycles. The lowest BCUT2D eigenvalue weighted by atomic mass is 10.1. The largest absolute Gasteiger partial charge is 0.325 e. The Morgan fingerprint density at radius 3 is 2.62 bits per heavy atom. The number of aromatic nitrogens is 2. The van der Waals surface area contributed by atoms with Gasteiger partial charge in [0.15, 0.2) is 0 Å². The number of hydrogen-bond donors (Lipinski definition) is 2. The molecule has 1 aromatic heterocycles. The summed E-state index contributed by atoms with van der Waals surface area (Å²) in [4.78, 5) is 13.9. The molecule has 0 aliphatic carbocycles. The second kappa shape index (κ2) is 14.0. The molecule has 0 saturated carbocycles. The number of carbonyl (C=O) groups is 1. The first-order valence-corrected chi connectivity index (χ1v) is 8.50. The number of carbonyl (C=O) groups excluding carboxylic acids is 1. The molecule has 0 spiro atoms. The number of halogens is 2. The second-order valence-corrected chi connectivity index (χ2v) is 5.60. The summed E-state index contributed by atoms with van der Waals surface area (Å²) in [7, 11) is 2.31. The fraction of sp³-hybridized carbons (Fsp3) is 0.556. The summed E-state index contributed by atoms with van der Waals surface area (Å²) in [6, 6.07) is 0.114. The molecule has 0 aromatic carbocycles. The van der Waals surface area contributed by atoms with Crippen molar-refractivity contribution in [3.05, 3.63) is 31.1 Å². The summed E-state index contributed by atoms with van der Waals surface area (Å²) in [6.45, 7) is 8.35. The topological polar surface area (TPSA) is 62.2 Å². The Labute approximate surface area is 154 Å². The van der Waals surface area contributed by atoms with E-state index < -0.39 is 6.67 Å². The number of hydrogen-bond acceptors (Lipinski definition) is 3. The minimum atomic E-state index is -0.536. The van der Waals surface area contributed by atoms with Crippen LogP contribution in [-0.2, 0) is 0 Å². The fourth-order valence-electron chi connectivity index (χ4n) is 2.36. The highest BCUT2D eigenvalue weighted by Gasteiger charge is 2.22. The minimum absolute atomic E-state index is 0.145. The van der Waals surface area contributed by atoms with Crippen molar-refractivity contribution in [2.45, 2.75) is 32.7 Å². The van der Waals surface area contributed by atoms with Crippen LogP contribution in [0.4, 0.5) is 19.3 Å². The summed E-state index contributed by atoms with van der Waals surface area (Å²) >= 11 is 0. The smallest absolute Gasteiger partial charge is 0.321 e. The Balaban J connectivity index is 0.00000113. The van der Waals surface area contributed by atoms with E-state index in [4.69, 9.17) is 0 Å². The highest BCUT2D eigenvalue weighted by atomic mass is 19.1. The van der Waals surface area contributed by atoms with Gasteiger partial charge in [0.1, 0.15) is 6.67 Å². The molecule has 0 radical (unpaired) electrons. The second-order valence-electron chi connectivity index (χ2n) is 5.60. The van der Waals surface area contributed by atoms with Gasteiger partial charge in [0.25, 0.3) is 0 Å². The fourth-order valence-corrected chi connectivity index (χ4v) is 2.36. The van der Waals surface area contributed by atoms with Gasteiger partial charge in [-0.25, -0.2) is 13.9 Å². The third-order valence-electron chi connectivity index (χ3n) is 3.74. The summed E-state index contributed by atoms with van der Waals surface area (Å²) in [5.41, 5.74) is 1.29. The number of amides is 2. The molecule has 0 atom stereocenters. The number of anilines is 1. The summed E-state index contributed by atoms with van der Waals surface area (Å²) in [5.74, 6) is 0. The van der Waals surface area contributed by atoms with Crippen LogP contribution < -0.4 is 10.6 Å². The van der Waals surface area contributed by atoms with E-state index in [1.165, 1.54) is 6.08 Å². The highest BCUT2D eigenvalue weighted by Crippen LogP contribution is 2.14. The molecule has 0 unspecified atom stereocenters. The van der Waals surface area contributed by atoms with E-state index in [0.29, 0.717) is 18.6 Å². The van der Waals surface area contributed by atoms with E-state index in [2.05, 4.69) is 22.3 Å². The predicted molar refractivity (Wildman–Crippen MR) is 104 cm³/mol. The maximum absolute atomic E-state index is 12.3. The van der Waals surface area contributed by atoms with E-state index in [1.807, 2.05) is 14.0 Å². The van der Waals surface area contributed by atoms with E-state index >= 15 is 0 Å². The number of alkyl halides is 2. The summed E-state index contributed by atoms with van der Waals surface area (Å²) in [5, 5.41) is 10.2. The van der Waals surface area contributed by atoms with Crippen molar-refractivity contribution < 1.29 is 13.6 Å². The van der Waals surface area contributed by atoms with Gasteiger partial charge in [-0.15, -0.1) is 6.58 Å². The highest BCUT2D eigenvalue weighted by molar-refractivity contribution is 5.89. The van der Waals surface area contributed by atoms with E-state index in [9.17, 15) is 13.6 Å².